The first kappa shape index (κ1) is 31.1. The van der Waals surface area contributed by atoms with Gasteiger partial charge in [0.15, 0.2) is 0 Å². The van der Waals surface area contributed by atoms with E-state index in [2.05, 4.69) is 10.6 Å². The normalized spacial score (nSPS) is 16.2. The minimum absolute atomic E-state index is 0.0331. The number of nitrogens with zero attached hydrogens (tertiary/aromatic N) is 1. The predicted octanol–water partition coefficient (Wildman–Crippen LogP) is 4.27. The van der Waals surface area contributed by atoms with E-state index in [1.807, 2.05) is 52.0 Å². The summed E-state index contributed by atoms with van der Waals surface area (Å²) >= 11 is 0. The fourth-order valence-corrected chi connectivity index (χ4v) is 4.78. The fraction of sp³-hybridized carbons (Fsp3) is 0.655. The zero-order valence-electron chi connectivity index (χ0n) is 24.1. The highest BCUT2D eigenvalue weighted by atomic mass is 16.6. The smallest absolute Gasteiger partial charge is 0.408 e. The van der Waals surface area contributed by atoms with Crippen LogP contribution in [0.4, 0.5) is 4.79 Å². The maximum Gasteiger partial charge on any atom is 0.408 e. The van der Waals surface area contributed by atoms with Gasteiger partial charge in [0.05, 0.1) is 6.42 Å². The molecular formula is C29H46N4O5. The molecule has 0 aliphatic heterocycles. The lowest BCUT2D eigenvalue weighted by Gasteiger charge is -2.45. The lowest BCUT2D eigenvalue weighted by Crippen LogP contribution is -2.60. The quantitative estimate of drug-likeness (QED) is 0.416. The van der Waals surface area contributed by atoms with Crippen LogP contribution in [0, 0.1) is 6.92 Å². The van der Waals surface area contributed by atoms with E-state index in [0.717, 1.165) is 37.7 Å². The number of amides is 4. The summed E-state index contributed by atoms with van der Waals surface area (Å²) in [6.45, 7) is 12.7. The van der Waals surface area contributed by atoms with Crippen LogP contribution >= 0.6 is 0 Å². The Kier molecular flexibility index (Phi) is 10.7. The molecule has 2 atom stereocenters. The molecule has 1 fully saturated rings. The van der Waals surface area contributed by atoms with Gasteiger partial charge in [-0.2, -0.15) is 0 Å². The summed E-state index contributed by atoms with van der Waals surface area (Å²) < 4.78 is 5.35. The molecule has 4 N–H and O–H groups in total. The molecule has 38 heavy (non-hydrogen) atoms. The van der Waals surface area contributed by atoms with Gasteiger partial charge in [0.25, 0.3) is 0 Å². The van der Waals surface area contributed by atoms with Crippen molar-refractivity contribution in [2.24, 2.45) is 5.73 Å². The topological polar surface area (TPSA) is 131 Å². The van der Waals surface area contributed by atoms with Gasteiger partial charge in [0.1, 0.15) is 17.7 Å². The molecule has 1 aliphatic rings. The van der Waals surface area contributed by atoms with Crippen molar-refractivity contribution in [3.63, 3.8) is 0 Å². The first-order valence-corrected chi connectivity index (χ1v) is 13.6. The highest BCUT2D eigenvalue weighted by Crippen LogP contribution is 2.34. The van der Waals surface area contributed by atoms with E-state index in [9.17, 15) is 19.2 Å². The summed E-state index contributed by atoms with van der Waals surface area (Å²) in [5.41, 5.74) is 5.41. The molecule has 1 aliphatic carbocycles. The molecule has 1 aromatic rings. The first-order chi connectivity index (χ1) is 17.7. The van der Waals surface area contributed by atoms with E-state index in [0.29, 0.717) is 12.0 Å². The fourth-order valence-electron chi connectivity index (χ4n) is 4.78. The molecule has 0 spiro atoms. The predicted molar refractivity (Wildman–Crippen MR) is 147 cm³/mol. The minimum atomic E-state index is -1.30. The van der Waals surface area contributed by atoms with Gasteiger partial charge in [0.2, 0.25) is 17.7 Å². The number of rotatable bonds is 10. The number of aryl methyl sites for hydroxylation is 1. The van der Waals surface area contributed by atoms with Crippen molar-refractivity contribution < 1.29 is 23.9 Å². The van der Waals surface area contributed by atoms with Crippen molar-refractivity contribution in [3.8, 4) is 0 Å². The third-order valence-electron chi connectivity index (χ3n) is 7.09. The molecule has 0 saturated heterocycles. The molecular weight excluding hydrogens is 484 g/mol. The Morgan fingerprint density at radius 2 is 1.66 bits per heavy atom. The molecule has 2 unspecified atom stereocenters. The summed E-state index contributed by atoms with van der Waals surface area (Å²) in [5.74, 6) is -1.61. The number of carbonyl (C=O) groups is 4. The second-order valence-corrected chi connectivity index (χ2v) is 11.8. The number of primary amides is 1. The Bertz CT molecular complexity index is 995. The number of alkyl carbamates (subject to hydrolysis) is 1. The minimum Gasteiger partial charge on any atom is -0.444 e. The zero-order chi connectivity index (χ0) is 28.7. The van der Waals surface area contributed by atoms with E-state index < -0.39 is 47.6 Å². The molecule has 0 radical (unpaired) electrons. The Labute approximate surface area is 227 Å². The van der Waals surface area contributed by atoms with Crippen molar-refractivity contribution in [1.29, 1.82) is 0 Å². The molecule has 4 amide bonds. The average Bonchev–Trinajstić information content (AvgIpc) is 2.81. The van der Waals surface area contributed by atoms with Gasteiger partial charge in [-0.3, -0.25) is 14.4 Å². The van der Waals surface area contributed by atoms with Crippen molar-refractivity contribution in [1.82, 2.24) is 15.5 Å². The Morgan fingerprint density at radius 1 is 1.05 bits per heavy atom. The molecule has 0 heterocycles. The number of ether oxygens (including phenoxy) is 1. The molecule has 9 heteroatoms. The van der Waals surface area contributed by atoms with Crippen molar-refractivity contribution in [3.05, 3.63) is 35.4 Å². The van der Waals surface area contributed by atoms with Crippen LogP contribution in [0.25, 0.3) is 0 Å². The van der Waals surface area contributed by atoms with Gasteiger partial charge in [0, 0.05) is 11.6 Å². The van der Waals surface area contributed by atoms with E-state index in [4.69, 9.17) is 10.5 Å². The van der Waals surface area contributed by atoms with Gasteiger partial charge < -0.3 is 26.0 Å². The van der Waals surface area contributed by atoms with Crippen LogP contribution in [0.5, 0.6) is 0 Å². The second kappa shape index (κ2) is 13.1. The van der Waals surface area contributed by atoms with Crippen molar-refractivity contribution in [2.45, 2.75) is 123 Å². The Balaban J connectivity index is 2.58. The number of hydrogen-bond donors (Lipinski definition) is 3. The summed E-state index contributed by atoms with van der Waals surface area (Å²) in [5, 5.41) is 5.73. The van der Waals surface area contributed by atoms with Crippen LogP contribution in [-0.4, -0.2) is 51.9 Å². The summed E-state index contributed by atoms with van der Waals surface area (Å²) in [7, 11) is 0. The van der Waals surface area contributed by atoms with Crippen LogP contribution in [-0.2, 0) is 19.1 Å². The van der Waals surface area contributed by atoms with Crippen LogP contribution < -0.4 is 16.4 Å². The maximum atomic E-state index is 14.3. The molecule has 1 aromatic carbocycles. The maximum absolute atomic E-state index is 14.3. The standard InChI is InChI=1S/C29H46N4O5/c1-8-29(6,7)33(26(36)22(18-23(30)34)32-27(37)38-28(3,4)5)24(21-17-13-12-14-19(21)2)25(35)31-20-15-10-9-11-16-20/h12-14,17,20,22,24H,8-11,15-16,18H2,1-7H3,(H2,30,34)(H,31,35)(H,32,37). The van der Waals surface area contributed by atoms with Crippen molar-refractivity contribution >= 4 is 23.8 Å². The molecule has 2 rings (SSSR count). The zero-order valence-corrected chi connectivity index (χ0v) is 24.1. The van der Waals surface area contributed by atoms with E-state index in [1.165, 1.54) is 4.90 Å². The van der Waals surface area contributed by atoms with Gasteiger partial charge in [-0.05, 0) is 71.9 Å². The molecule has 9 nitrogen and oxygen atoms in total. The Hall–Kier alpha value is -3.10. The third kappa shape index (κ3) is 8.74. The molecule has 0 aromatic heterocycles. The average molecular weight is 531 g/mol. The number of benzene rings is 1. The largest absolute Gasteiger partial charge is 0.444 e. The Morgan fingerprint density at radius 3 is 2.18 bits per heavy atom. The van der Waals surface area contributed by atoms with E-state index in [-0.39, 0.29) is 11.9 Å². The monoisotopic (exact) mass is 530 g/mol. The van der Waals surface area contributed by atoms with Gasteiger partial charge >= 0.3 is 6.09 Å². The number of hydrogen-bond acceptors (Lipinski definition) is 5. The summed E-state index contributed by atoms with van der Waals surface area (Å²) in [6.07, 6.45) is 4.26. The van der Waals surface area contributed by atoms with Gasteiger partial charge in [-0.1, -0.05) is 50.5 Å². The highest BCUT2D eigenvalue weighted by molar-refractivity contribution is 5.95. The van der Waals surface area contributed by atoms with Gasteiger partial charge in [-0.15, -0.1) is 0 Å². The lowest BCUT2D eigenvalue weighted by atomic mass is 9.89. The molecule has 212 valence electrons. The SMILES string of the molecule is CCC(C)(C)N(C(=O)C(CC(N)=O)NC(=O)OC(C)(C)C)C(C(=O)NC1CCCCC1)c1ccccc1C. The van der Waals surface area contributed by atoms with Crippen molar-refractivity contribution in [2.75, 3.05) is 0 Å². The molecule has 0 bridgehead atoms. The van der Waals surface area contributed by atoms with Gasteiger partial charge in [-0.25, -0.2) is 4.79 Å². The highest BCUT2D eigenvalue weighted by Gasteiger charge is 2.44. The third-order valence-corrected chi connectivity index (χ3v) is 7.09. The number of carbonyl (C=O) groups excluding carboxylic acids is 4. The summed E-state index contributed by atoms with van der Waals surface area (Å²) in [6, 6.07) is 5.22. The number of nitrogens with one attached hydrogen (secondary N) is 2. The van der Waals surface area contributed by atoms with Crippen LogP contribution in [0.1, 0.15) is 104 Å². The van der Waals surface area contributed by atoms with E-state index >= 15 is 0 Å². The second-order valence-electron chi connectivity index (χ2n) is 11.8. The van der Waals surface area contributed by atoms with Crippen LogP contribution in [0.2, 0.25) is 0 Å². The van der Waals surface area contributed by atoms with E-state index in [1.54, 1.807) is 20.8 Å². The summed E-state index contributed by atoms with van der Waals surface area (Å²) in [4.78, 5) is 54.5. The van der Waals surface area contributed by atoms with Crippen LogP contribution in [0.3, 0.4) is 0 Å². The first-order valence-electron chi connectivity index (χ1n) is 13.6. The lowest BCUT2D eigenvalue weighted by molar-refractivity contribution is -0.150. The number of nitrogens with two attached hydrogens (primary N) is 1. The molecule has 1 saturated carbocycles. The van der Waals surface area contributed by atoms with Crippen LogP contribution in [0.15, 0.2) is 24.3 Å².